The van der Waals surface area contributed by atoms with E-state index >= 15 is 0 Å². The van der Waals surface area contributed by atoms with E-state index in [2.05, 4.69) is 17.0 Å². The molecule has 1 aliphatic rings. The van der Waals surface area contributed by atoms with Gasteiger partial charge in [-0.15, -0.1) is 0 Å². The van der Waals surface area contributed by atoms with Crippen LogP contribution in [0.3, 0.4) is 0 Å². The number of para-hydroxylation sites is 1. The summed E-state index contributed by atoms with van der Waals surface area (Å²) in [4.78, 5) is 19.6. The summed E-state index contributed by atoms with van der Waals surface area (Å²) < 4.78 is 44.3. The van der Waals surface area contributed by atoms with E-state index in [0.29, 0.717) is 40.9 Å². The lowest BCUT2D eigenvalue weighted by atomic mass is 10.0. The Balaban J connectivity index is 1.42. The number of carbonyl (C=O) groups excluding carboxylic acids is 1. The van der Waals surface area contributed by atoms with Gasteiger partial charge in [-0.2, -0.15) is 9.40 Å². The fourth-order valence-corrected chi connectivity index (χ4v) is 6.71. The van der Waals surface area contributed by atoms with Crippen molar-refractivity contribution in [3.8, 4) is 0 Å². The van der Waals surface area contributed by atoms with Gasteiger partial charge >= 0.3 is 0 Å². The van der Waals surface area contributed by atoms with Crippen LogP contribution in [0.5, 0.6) is 0 Å². The first kappa shape index (κ1) is 24.5. The quantitative estimate of drug-likeness (QED) is 0.356. The molecule has 0 unspecified atom stereocenters. The van der Waals surface area contributed by atoms with Crippen molar-refractivity contribution in [3.63, 3.8) is 0 Å². The molecular weight excluding hydrogens is 501 g/mol. The van der Waals surface area contributed by atoms with Crippen LogP contribution in [0.4, 0.5) is 9.52 Å². The third-order valence-corrected chi connectivity index (χ3v) is 9.38. The van der Waals surface area contributed by atoms with Gasteiger partial charge in [0.05, 0.1) is 16.1 Å². The molecule has 188 valence electrons. The molecule has 3 heterocycles. The van der Waals surface area contributed by atoms with E-state index in [1.54, 1.807) is 35.3 Å². The molecule has 0 saturated carbocycles. The van der Waals surface area contributed by atoms with Crippen molar-refractivity contribution in [2.75, 3.05) is 24.5 Å². The number of anilines is 1. The molecule has 1 aliphatic heterocycles. The molecule has 0 aliphatic carbocycles. The standard InChI is InChI=1S/C25H26FN5O3S2/c1-18-10-14-30(15-11-18)36(33,34)20-8-6-19(7-9-20)24(32)31(17-16-29-13-3-12-27-29)25-28-23-21(26)4-2-5-22(23)35-25/h2-9,12-13,18H,10-11,14-17H2,1H3. The monoisotopic (exact) mass is 527 g/mol. The van der Waals surface area contributed by atoms with Crippen LogP contribution >= 0.6 is 11.3 Å². The number of amides is 1. The fourth-order valence-electron chi connectivity index (χ4n) is 4.24. The molecule has 2 aromatic heterocycles. The van der Waals surface area contributed by atoms with Gasteiger partial charge in [-0.05, 0) is 61.2 Å². The lowest BCUT2D eigenvalue weighted by Crippen LogP contribution is -2.38. The topological polar surface area (TPSA) is 88.4 Å². The van der Waals surface area contributed by atoms with Crippen LogP contribution in [0.25, 0.3) is 10.2 Å². The number of halogens is 1. The summed E-state index contributed by atoms with van der Waals surface area (Å²) in [6, 6.07) is 12.5. The number of thiazole rings is 1. The first-order valence-electron chi connectivity index (χ1n) is 11.8. The van der Waals surface area contributed by atoms with Crippen molar-refractivity contribution in [3.05, 3.63) is 72.3 Å². The van der Waals surface area contributed by atoms with Crippen LogP contribution in [0.2, 0.25) is 0 Å². The summed E-state index contributed by atoms with van der Waals surface area (Å²) >= 11 is 1.23. The molecule has 11 heteroatoms. The van der Waals surface area contributed by atoms with Crippen molar-refractivity contribution in [1.29, 1.82) is 0 Å². The van der Waals surface area contributed by atoms with E-state index in [-0.39, 0.29) is 22.9 Å². The zero-order valence-corrected chi connectivity index (χ0v) is 21.4. The molecule has 1 fully saturated rings. The van der Waals surface area contributed by atoms with E-state index in [0.717, 1.165) is 12.8 Å². The first-order chi connectivity index (χ1) is 17.3. The van der Waals surface area contributed by atoms with Crippen LogP contribution in [0, 0.1) is 11.7 Å². The molecule has 0 radical (unpaired) electrons. The number of carbonyl (C=O) groups is 1. The number of fused-ring (bicyclic) bond motifs is 1. The molecule has 5 rings (SSSR count). The zero-order valence-electron chi connectivity index (χ0n) is 19.7. The molecule has 1 amide bonds. The highest BCUT2D eigenvalue weighted by atomic mass is 32.2. The number of aromatic nitrogens is 3. The van der Waals surface area contributed by atoms with Crippen LogP contribution in [-0.2, 0) is 16.6 Å². The average molecular weight is 528 g/mol. The molecule has 0 spiro atoms. The molecule has 0 atom stereocenters. The summed E-state index contributed by atoms with van der Waals surface area (Å²) in [5.74, 6) is -0.284. The maximum absolute atomic E-state index is 14.3. The second-order valence-electron chi connectivity index (χ2n) is 8.92. The molecule has 1 saturated heterocycles. The number of hydrogen-bond acceptors (Lipinski definition) is 6. The largest absolute Gasteiger partial charge is 0.282 e. The number of piperidine rings is 1. The number of hydrogen-bond donors (Lipinski definition) is 0. The van der Waals surface area contributed by atoms with Gasteiger partial charge in [0.2, 0.25) is 10.0 Å². The third-order valence-electron chi connectivity index (χ3n) is 6.43. The van der Waals surface area contributed by atoms with Gasteiger partial charge in [-0.25, -0.2) is 17.8 Å². The zero-order chi connectivity index (χ0) is 25.3. The minimum Gasteiger partial charge on any atom is -0.282 e. The Morgan fingerprint density at radius 2 is 1.89 bits per heavy atom. The van der Waals surface area contributed by atoms with Gasteiger partial charge in [0, 0.05) is 37.6 Å². The van der Waals surface area contributed by atoms with E-state index < -0.39 is 15.8 Å². The lowest BCUT2D eigenvalue weighted by molar-refractivity contribution is 0.0985. The fraction of sp³-hybridized carbons (Fsp3) is 0.320. The summed E-state index contributed by atoms with van der Waals surface area (Å²) in [5.41, 5.74) is 0.535. The highest BCUT2D eigenvalue weighted by Gasteiger charge is 2.29. The smallest absolute Gasteiger partial charge is 0.260 e. The van der Waals surface area contributed by atoms with Gasteiger partial charge in [-0.3, -0.25) is 14.4 Å². The molecule has 0 bridgehead atoms. The van der Waals surface area contributed by atoms with Crippen LogP contribution in [0.1, 0.15) is 30.1 Å². The SMILES string of the molecule is CC1CCN(S(=O)(=O)c2ccc(C(=O)N(CCn3cccn3)c3nc4c(F)cccc4s3)cc2)CC1. The van der Waals surface area contributed by atoms with Crippen molar-refractivity contribution < 1.29 is 17.6 Å². The van der Waals surface area contributed by atoms with Gasteiger partial charge in [-0.1, -0.05) is 24.3 Å². The summed E-state index contributed by atoms with van der Waals surface area (Å²) in [7, 11) is -3.62. The third kappa shape index (κ3) is 4.91. The summed E-state index contributed by atoms with van der Waals surface area (Å²) in [6.07, 6.45) is 5.12. The number of nitrogens with zero attached hydrogens (tertiary/aromatic N) is 5. The van der Waals surface area contributed by atoms with Crippen LogP contribution < -0.4 is 4.90 Å². The second kappa shape index (κ2) is 10.1. The predicted octanol–water partition coefficient (Wildman–Crippen LogP) is 4.40. The minimum absolute atomic E-state index is 0.166. The van der Waals surface area contributed by atoms with E-state index in [1.807, 2.05) is 0 Å². The van der Waals surface area contributed by atoms with E-state index in [4.69, 9.17) is 0 Å². The Hall–Kier alpha value is -3.15. The van der Waals surface area contributed by atoms with Crippen molar-refractivity contribution in [2.45, 2.75) is 31.2 Å². The van der Waals surface area contributed by atoms with Gasteiger partial charge in [0.15, 0.2) is 5.13 Å². The Kier molecular flexibility index (Phi) is 6.87. The van der Waals surface area contributed by atoms with Crippen molar-refractivity contribution in [1.82, 2.24) is 19.1 Å². The number of rotatable bonds is 7. The van der Waals surface area contributed by atoms with E-state index in [1.165, 1.54) is 50.9 Å². The summed E-state index contributed by atoms with van der Waals surface area (Å²) in [5, 5.41) is 4.56. The van der Waals surface area contributed by atoms with Crippen LogP contribution in [-0.4, -0.2) is 53.0 Å². The van der Waals surface area contributed by atoms with Crippen molar-refractivity contribution in [2.24, 2.45) is 5.92 Å². The van der Waals surface area contributed by atoms with Crippen LogP contribution in [0.15, 0.2) is 65.8 Å². The van der Waals surface area contributed by atoms with Gasteiger partial charge in [0.25, 0.3) is 5.91 Å². The highest BCUT2D eigenvalue weighted by molar-refractivity contribution is 7.89. The van der Waals surface area contributed by atoms with Gasteiger partial charge < -0.3 is 0 Å². The van der Waals surface area contributed by atoms with E-state index in [9.17, 15) is 17.6 Å². The van der Waals surface area contributed by atoms with Gasteiger partial charge in [0.1, 0.15) is 11.3 Å². The number of sulfonamides is 1. The molecule has 4 aromatic rings. The molecular formula is C25H26FN5O3S2. The molecule has 2 aromatic carbocycles. The van der Waals surface area contributed by atoms with Crippen molar-refractivity contribution >= 4 is 42.6 Å². The predicted molar refractivity (Wildman–Crippen MR) is 137 cm³/mol. The molecule has 8 nitrogen and oxygen atoms in total. The lowest BCUT2D eigenvalue weighted by Gasteiger charge is -2.29. The summed E-state index contributed by atoms with van der Waals surface area (Å²) in [6.45, 7) is 3.80. The Morgan fingerprint density at radius 3 is 2.56 bits per heavy atom. The Bertz CT molecular complexity index is 1460. The molecule has 36 heavy (non-hydrogen) atoms. The normalized spacial score (nSPS) is 15.4. The number of benzene rings is 2. The maximum Gasteiger partial charge on any atom is 0.260 e. The maximum atomic E-state index is 14.3. The average Bonchev–Trinajstić information content (AvgIpc) is 3.55. The minimum atomic E-state index is -3.62. The second-order valence-corrected chi connectivity index (χ2v) is 11.9. The molecule has 0 N–H and O–H groups in total. The Morgan fingerprint density at radius 1 is 1.14 bits per heavy atom. The Labute approximate surface area is 213 Å². The highest BCUT2D eigenvalue weighted by Crippen LogP contribution is 2.31. The first-order valence-corrected chi connectivity index (χ1v) is 14.0.